The van der Waals surface area contributed by atoms with Crippen molar-refractivity contribution in [2.45, 2.75) is 39.3 Å². The molecule has 5 nitrogen and oxygen atoms in total. The Labute approximate surface area is 129 Å². The van der Waals surface area contributed by atoms with Crippen LogP contribution in [-0.2, 0) is 9.59 Å². The van der Waals surface area contributed by atoms with E-state index in [1.54, 1.807) is 38.1 Å². The molecule has 21 heavy (non-hydrogen) atoms. The number of nitrogens with one attached hydrogen (secondary N) is 1. The summed E-state index contributed by atoms with van der Waals surface area (Å²) in [7, 11) is 0. The van der Waals surface area contributed by atoms with E-state index in [4.69, 9.17) is 21.4 Å². The Balaban J connectivity index is 2.67. The largest absolute Gasteiger partial charge is 0.481 e. The monoisotopic (exact) mass is 313 g/mol. The maximum Gasteiger partial charge on any atom is 0.326 e. The second-order valence-electron chi connectivity index (χ2n) is 4.93. The summed E-state index contributed by atoms with van der Waals surface area (Å²) in [5.41, 5.74) is 0. The first-order valence-corrected chi connectivity index (χ1v) is 7.18. The topological polar surface area (TPSA) is 75.6 Å². The molecule has 0 spiro atoms. The molecule has 0 aliphatic rings. The van der Waals surface area contributed by atoms with Crippen LogP contribution in [-0.4, -0.2) is 29.1 Å². The van der Waals surface area contributed by atoms with E-state index in [1.807, 2.05) is 6.92 Å². The summed E-state index contributed by atoms with van der Waals surface area (Å²) in [6.45, 7) is 5.21. The molecule has 1 amide bonds. The van der Waals surface area contributed by atoms with E-state index in [0.717, 1.165) is 0 Å². The molecule has 0 aromatic heterocycles. The number of hydrogen-bond acceptors (Lipinski definition) is 3. The molecule has 0 radical (unpaired) electrons. The lowest BCUT2D eigenvalue weighted by Gasteiger charge is -2.22. The molecule has 2 unspecified atom stereocenters. The standard InChI is InChI=1S/C15H20ClNO4/c1-4-9(2)13(15(19)20)17-14(18)10(3)21-12-7-5-6-11(16)8-12/h5-10,13H,4H2,1-3H3,(H,17,18)(H,19,20)/t9?,10?,13-/m0/s1. The minimum absolute atomic E-state index is 0.162. The summed E-state index contributed by atoms with van der Waals surface area (Å²) in [6.07, 6.45) is -0.157. The fourth-order valence-electron chi connectivity index (χ4n) is 1.75. The Kier molecular flexibility index (Phi) is 6.49. The number of halogens is 1. The molecule has 116 valence electrons. The number of rotatable bonds is 7. The van der Waals surface area contributed by atoms with Crippen LogP contribution in [0.2, 0.25) is 5.02 Å². The van der Waals surface area contributed by atoms with Gasteiger partial charge in [-0.2, -0.15) is 0 Å². The third kappa shape index (κ3) is 5.27. The molecule has 0 aliphatic carbocycles. The van der Waals surface area contributed by atoms with Gasteiger partial charge in [-0.05, 0) is 31.0 Å². The van der Waals surface area contributed by atoms with Gasteiger partial charge in [0.1, 0.15) is 11.8 Å². The van der Waals surface area contributed by atoms with Gasteiger partial charge in [-0.25, -0.2) is 4.79 Å². The molecule has 1 aromatic rings. The molecule has 0 bridgehead atoms. The third-order valence-electron chi connectivity index (χ3n) is 3.25. The summed E-state index contributed by atoms with van der Waals surface area (Å²) < 4.78 is 5.46. The Morgan fingerprint density at radius 1 is 1.38 bits per heavy atom. The molecular weight excluding hydrogens is 294 g/mol. The molecule has 0 heterocycles. The van der Waals surface area contributed by atoms with Crippen LogP contribution in [0, 0.1) is 5.92 Å². The number of carbonyl (C=O) groups is 2. The van der Waals surface area contributed by atoms with Gasteiger partial charge in [-0.15, -0.1) is 0 Å². The fraction of sp³-hybridized carbons (Fsp3) is 0.467. The Morgan fingerprint density at radius 2 is 2.05 bits per heavy atom. The van der Waals surface area contributed by atoms with Crippen LogP contribution in [0.15, 0.2) is 24.3 Å². The van der Waals surface area contributed by atoms with Crippen molar-refractivity contribution in [1.29, 1.82) is 0 Å². The van der Waals surface area contributed by atoms with Crippen LogP contribution >= 0.6 is 11.6 Å². The average molecular weight is 314 g/mol. The van der Waals surface area contributed by atoms with E-state index < -0.39 is 24.0 Å². The molecule has 0 saturated carbocycles. The highest BCUT2D eigenvalue weighted by Gasteiger charge is 2.27. The van der Waals surface area contributed by atoms with Gasteiger partial charge < -0.3 is 15.2 Å². The second kappa shape index (κ2) is 7.88. The van der Waals surface area contributed by atoms with Crippen molar-refractivity contribution in [3.63, 3.8) is 0 Å². The third-order valence-corrected chi connectivity index (χ3v) is 3.49. The van der Waals surface area contributed by atoms with Gasteiger partial charge in [0.2, 0.25) is 0 Å². The van der Waals surface area contributed by atoms with Gasteiger partial charge in [-0.1, -0.05) is 37.9 Å². The number of carbonyl (C=O) groups excluding carboxylic acids is 1. The van der Waals surface area contributed by atoms with Gasteiger partial charge >= 0.3 is 5.97 Å². The van der Waals surface area contributed by atoms with Crippen molar-refractivity contribution in [3.8, 4) is 5.75 Å². The minimum Gasteiger partial charge on any atom is -0.481 e. The molecule has 0 fully saturated rings. The normalized spacial score (nSPS) is 14.9. The van der Waals surface area contributed by atoms with Crippen molar-refractivity contribution in [3.05, 3.63) is 29.3 Å². The number of amides is 1. The van der Waals surface area contributed by atoms with Crippen LogP contribution in [0.25, 0.3) is 0 Å². The Morgan fingerprint density at radius 3 is 2.57 bits per heavy atom. The highest BCUT2D eigenvalue weighted by atomic mass is 35.5. The van der Waals surface area contributed by atoms with E-state index in [2.05, 4.69) is 5.32 Å². The zero-order valence-corrected chi connectivity index (χ0v) is 13.1. The Bertz CT molecular complexity index is 506. The molecule has 0 aliphatic heterocycles. The highest BCUT2D eigenvalue weighted by molar-refractivity contribution is 6.30. The maximum atomic E-state index is 12.0. The van der Waals surface area contributed by atoms with Crippen LogP contribution < -0.4 is 10.1 Å². The molecule has 1 rings (SSSR count). The summed E-state index contributed by atoms with van der Waals surface area (Å²) in [6, 6.07) is 5.76. The van der Waals surface area contributed by atoms with Crippen LogP contribution in [0.5, 0.6) is 5.75 Å². The van der Waals surface area contributed by atoms with Crippen LogP contribution in [0.3, 0.4) is 0 Å². The van der Waals surface area contributed by atoms with E-state index in [0.29, 0.717) is 17.2 Å². The van der Waals surface area contributed by atoms with E-state index in [9.17, 15) is 9.59 Å². The first kappa shape index (κ1) is 17.3. The first-order chi connectivity index (χ1) is 9.85. The number of carboxylic acids is 1. The van der Waals surface area contributed by atoms with Gasteiger partial charge in [0.25, 0.3) is 5.91 Å². The highest BCUT2D eigenvalue weighted by Crippen LogP contribution is 2.18. The quantitative estimate of drug-likeness (QED) is 0.811. The summed E-state index contributed by atoms with van der Waals surface area (Å²) in [4.78, 5) is 23.2. The SMILES string of the molecule is CCC(C)[C@H](NC(=O)C(C)Oc1cccc(Cl)c1)C(=O)O. The van der Waals surface area contributed by atoms with Crippen molar-refractivity contribution in [1.82, 2.24) is 5.32 Å². The lowest BCUT2D eigenvalue weighted by molar-refractivity contribution is -0.144. The summed E-state index contributed by atoms with van der Waals surface area (Å²) in [5, 5.41) is 12.2. The molecule has 0 saturated heterocycles. The van der Waals surface area contributed by atoms with Gasteiger partial charge in [0, 0.05) is 5.02 Å². The summed E-state index contributed by atoms with van der Waals surface area (Å²) in [5.74, 6) is -1.22. The maximum absolute atomic E-state index is 12.0. The van der Waals surface area contributed by atoms with Crippen molar-refractivity contribution in [2.75, 3.05) is 0 Å². The predicted molar refractivity (Wildman–Crippen MR) is 80.6 cm³/mol. The van der Waals surface area contributed by atoms with E-state index in [-0.39, 0.29) is 5.92 Å². The zero-order valence-electron chi connectivity index (χ0n) is 12.3. The second-order valence-corrected chi connectivity index (χ2v) is 5.36. The molecule has 1 aromatic carbocycles. The van der Waals surface area contributed by atoms with Gasteiger partial charge in [0.15, 0.2) is 6.10 Å². The molecule has 3 atom stereocenters. The number of hydrogen-bond donors (Lipinski definition) is 2. The molecular formula is C15H20ClNO4. The van der Waals surface area contributed by atoms with Crippen molar-refractivity contribution in [2.24, 2.45) is 5.92 Å². The lowest BCUT2D eigenvalue weighted by Crippen LogP contribution is -2.49. The number of carboxylic acid groups (broad SMARTS) is 1. The van der Waals surface area contributed by atoms with Crippen LogP contribution in [0.4, 0.5) is 0 Å². The molecule has 6 heteroatoms. The van der Waals surface area contributed by atoms with Crippen LogP contribution in [0.1, 0.15) is 27.2 Å². The molecule has 2 N–H and O–H groups in total. The average Bonchev–Trinajstić information content (AvgIpc) is 2.43. The van der Waals surface area contributed by atoms with Gasteiger partial charge in [-0.3, -0.25) is 4.79 Å². The fourth-order valence-corrected chi connectivity index (χ4v) is 1.93. The Hall–Kier alpha value is -1.75. The number of ether oxygens (including phenoxy) is 1. The first-order valence-electron chi connectivity index (χ1n) is 6.80. The van der Waals surface area contributed by atoms with E-state index >= 15 is 0 Å². The van der Waals surface area contributed by atoms with Gasteiger partial charge in [0.05, 0.1) is 0 Å². The van der Waals surface area contributed by atoms with Crippen molar-refractivity contribution >= 4 is 23.5 Å². The smallest absolute Gasteiger partial charge is 0.326 e. The summed E-state index contributed by atoms with van der Waals surface area (Å²) >= 11 is 5.84. The minimum atomic E-state index is -1.05. The number of benzene rings is 1. The predicted octanol–water partition coefficient (Wildman–Crippen LogP) is 2.72. The number of aliphatic carboxylic acids is 1. The lowest BCUT2D eigenvalue weighted by atomic mass is 9.99. The van der Waals surface area contributed by atoms with E-state index in [1.165, 1.54) is 0 Å². The zero-order chi connectivity index (χ0) is 16.0. The van der Waals surface area contributed by atoms with Crippen molar-refractivity contribution < 1.29 is 19.4 Å².